The molecule has 2 aromatic rings. The molecular formula is C17H22N2O. The molecule has 0 fully saturated rings. The Kier molecular flexibility index (Phi) is 4.40. The third-order valence-electron chi connectivity index (χ3n) is 3.68. The number of rotatable bonds is 4. The monoisotopic (exact) mass is 270 g/mol. The average molecular weight is 270 g/mol. The van der Waals surface area contributed by atoms with Gasteiger partial charge in [0.1, 0.15) is 0 Å². The lowest BCUT2D eigenvalue weighted by Gasteiger charge is -2.17. The Morgan fingerprint density at radius 3 is 2.65 bits per heavy atom. The molecule has 0 radical (unpaired) electrons. The second-order valence-electron chi connectivity index (χ2n) is 5.45. The molecule has 0 saturated carbocycles. The van der Waals surface area contributed by atoms with Gasteiger partial charge in [-0.05, 0) is 43.5 Å². The van der Waals surface area contributed by atoms with E-state index in [4.69, 9.17) is 0 Å². The summed E-state index contributed by atoms with van der Waals surface area (Å²) in [6.07, 6.45) is 1.81. The molecule has 1 heterocycles. The zero-order chi connectivity index (χ0) is 14.7. The van der Waals surface area contributed by atoms with Gasteiger partial charge in [0.2, 0.25) is 0 Å². The van der Waals surface area contributed by atoms with Crippen LogP contribution in [-0.4, -0.2) is 4.57 Å². The van der Waals surface area contributed by atoms with Crippen LogP contribution in [0.15, 0.2) is 41.3 Å². The van der Waals surface area contributed by atoms with E-state index >= 15 is 0 Å². The summed E-state index contributed by atoms with van der Waals surface area (Å²) in [5.74, 6) is 0. The summed E-state index contributed by atoms with van der Waals surface area (Å²) >= 11 is 0. The first-order chi connectivity index (χ1) is 9.47. The molecule has 0 aliphatic heterocycles. The second-order valence-corrected chi connectivity index (χ2v) is 5.45. The molecule has 0 bridgehead atoms. The van der Waals surface area contributed by atoms with E-state index in [1.165, 1.54) is 16.7 Å². The van der Waals surface area contributed by atoms with Crippen molar-refractivity contribution < 1.29 is 0 Å². The van der Waals surface area contributed by atoms with Crippen molar-refractivity contribution in [3.8, 4) is 0 Å². The SMILES string of the molecule is Cc1ccc(C)c([C@H](C)NCc2ccn(C)c(=O)c2)c1. The lowest BCUT2D eigenvalue weighted by Crippen LogP contribution is -2.21. The van der Waals surface area contributed by atoms with Crippen molar-refractivity contribution in [3.05, 3.63) is 69.1 Å². The number of benzene rings is 1. The average Bonchev–Trinajstić information content (AvgIpc) is 2.42. The van der Waals surface area contributed by atoms with Crippen molar-refractivity contribution in [2.75, 3.05) is 0 Å². The highest BCUT2D eigenvalue weighted by atomic mass is 16.1. The fourth-order valence-corrected chi connectivity index (χ4v) is 2.31. The molecule has 1 aromatic heterocycles. The number of aromatic nitrogens is 1. The summed E-state index contributed by atoms with van der Waals surface area (Å²) in [4.78, 5) is 11.6. The van der Waals surface area contributed by atoms with Crippen LogP contribution >= 0.6 is 0 Å². The van der Waals surface area contributed by atoms with Gasteiger partial charge in [0.25, 0.3) is 5.56 Å². The first-order valence-electron chi connectivity index (χ1n) is 6.93. The van der Waals surface area contributed by atoms with Crippen LogP contribution in [0.25, 0.3) is 0 Å². The van der Waals surface area contributed by atoms with Gasteiger partial charge in [0.05, 0.1) is 0 Å². The Morgan fingerprint density at radius 1 is 1.20 bits per heavy atom. The third-order valence-corrected chi connectivity index (χ3v) is 3.68. The van der Waals surface area contributed by atoms with Gasteiger partial charge in [0, 0.05) is 31.9 Å². The molecule has 0 aliphatic rings. The topological polar surface area (TPSA) is 34.0 Å². The van der Waals surface area contributed by atoms with Crippen molar-refractivity contribution in [2.45, 2.75) is 33.4 Å². The highest BCUT2D eigenvalue weighted by Crippen LogP contribution is 2.19. The zero-order valence-corrected chi connectivity index (χ0v) is 12.6. The number of nitrogens with zero attached hydrogens (tertiary/aromatic N) is 1. The lowest BCUT2D eigenvalue weighted by molar-refractivity contribution is 0.570. The number of nitrogens with one attached hydrogen (secondary N) is 1. The molecule has 3 heteroatoms. The zero-order valence-electron chi connectivity index (χ0n) is 12.6. The van der Waals surface area contributed by atoms with E-state index < -0.39 is 0 Å². The first-order valence-corrected chi connectivity index (χ1v) is 6.93. The Bertz CT molecular complexity index is 658. The van der Waals surface area contributed by atoms with E-state index in [2.05, 4.69) is 44.3 Å². The number of pyridine rings is 1. The summed E-state index contributed by atoms with van der Waals surface area (Å²) in [7, 11) is 1.76. The van der Waals surface area contributed by atoms with Crippen LogP contribution in [0.3, 0.4) is 0 Å². The minimum Gasteiger partial charge on any atom is -0.319 e. The van der Waals surface area contributed by atoms with E-state index in [0.717, 1.165) is 5.56 Å². The predicted octanol–water partition coefficient (Wildman–Crippen LogP) is 2.85. The van der Waals surface area contributed by atoms with Gasteiger partial charge in [-0.25, -0.2) is 0 Å². The summed E-state index contributed by atoms with van der Waals surface area (Å²) in [5, 5.41) is 3.48. The van der Waals surface area contributed by atoms with E-state index in [-0.39, 0.29) is 11.6 Å². The van der Waals surface area contributed by atoms with Crippen molar-refractivity contribution in [2.24, 2.45) is 7.05 Å². The summed E-state index contributed by atoms with van der Waals surface area (Å²) in [6.45, 7) is 7.09. The van der Waals surface area contributed by atoms with Gasteiger partial charge in [-0.3, -0.25) is 4.79 Å². The highest BCUT2D eigenvalue weighted by Gasteiger charge is 2.08. The van der Waals surface area contributed by atoms with Crippen molar-refractivity contribution in [1.82, 2.24) is 9.88 Å². The maximum absolute atomic E-state index is 11.6. The van der Waals surface area contributed by atoms with E-state index in [9.17, 15) is 4.79 Å². The smallest absolute Gasteiger partial charge is 0.250 e. The molecule has 1 aromatic carbocycles. The molecule has 0 unspecified atom stereocenters. The highest BCUT2D eigenvalue weighted by molar-refractivity contribution is 5.32. The maximum Gasteiger partial charge on any atom is 0.250 e. The lowest BCUT2D eigenvalue weighted by atomic mass is 10.00. The molecule has 1 atom stereocenters. The van der Waals surface area contributed by atoms with Gasteiger partial charge in [-0.15, -0.1) is 0 Å². The van der Waals surface area contributed by atoms with Crippen molar-refractivity contribution >= 4 is 0 Å². The fourth-order valence-electron chi connectivity index (χ4n) is 2.31. The van der Waals surface area contributed by atoms with Gasteiger partial charge in [-0.2, -0.15) is 0 Å². The quantitative estimate of drug-likeness (QED) is 0.927. The Hall–Kier alpha value is -1.87. The predicted molar refractivity (Wildman–Crippen MR) is 82.9 cm³/mol. The number of aryl methyl sites for hydroxylation is 3. The van der Waals surface area contributed by atoms with Crippen LogP contribution in [0.2, 0.25) is 0 Å². The third kappa shape index (κ3) is 3.36. The van der Waals surface area contributed by atoms with Crippen LogP contribution in [0.4, 0.5) is 0 Å². The number of hydrogen-bond acceptors (Lipinski definition) is 2. The minimum atomic E-state index is 0.0312. The second kappa shape index (κ2) is 6.06. The fraction of sp³-hybridized carbons (Fsp3) is 0.353. The minimum absolute atomic E-state index is 0.0312. The van der Waals surface area contributed by atoms with E-state index in [1.807, 2.05) is 12.3 Å². The van der Waals surface area contributed by atoms with Crippen molar-refractivity contribution in [3.63, 3.8) is 0 Å². The van der Waals surface area contributed by atoms with Gasteiger partial charge in [0.15, 0.2) is 0 Å². The molecule has 0 aliphatic carbocycles. The first kappa shape index (κ1) is 14.5. The van der Waals surface area contributed by atoms with Crippen LogP contribution in [0.5, 0.6) is 0 Å². The standard InChI is InChI=1S/C17H22N2O/c1-12-5-6-13(2)16(9-12)14(3)18-11-15-7-8-19(4)17(20)10-15/h5-10,14,18H,11H2,1-4H3/t14-/m0/s1. The Balaban J connectivity index is 2.08. The molecular weight excluding hydrogens is 248 g/mol. The molecule has 106 valence electrons. The largest absolute Gasteiger partial charge is 0.319 e. The molecule has 1 N–H and O–H groups in total. The summed E-state index contributed by atoms with van der Waals surface area (Å²) < 4.78 is 1.58. The molecule has 20 heavy (non-hydrogen) atoms. The molecule has 2 rings (SSSR count). The van der Waals surface area contributed by atoms with Crippen LogP contribution in [0.1, 0.15) is 35.2 Å². The Morgan fingerprint density at radius 2 is 1.95 bits per heavy atom. The molecule has 0 spiro atoms. The summed E-state index contributed by atoms with van der Waals surface area (Å²) in [6, 6.07) is 10.4. The van der Waals surface area contributed by atoms with E-state index in [0.29, 0.717) is 6.54 Å². The normalized spacial score (nSPS) is 12.4. The van der Waals surface area contributed by atoms with Gasteiger partial charge in [-0.1, -0.05) is 23.8 Å². The molecule has 0 amide bonds. The van der Waals surface area contributed by atoms with Gasteiger partial charge >= 0.3 is 0 Å². The van der Waals surface area contributed by atoms with Gasteiger partial charge < -0.3 is 9.88 Å². The Labute approximate surface area is 120 Å². The molecule has 0 saturated heterocycles. The maximum atomic E-state index is 11.6. The summed E-state index contributed by atoms with van der Waals surface area (Å²) in [5.41, 5.74) is 4.93. The van der Waals surface area contributed by atoms with Crippen molar-refractivity contribution in [1.29, 1.82) is 0 Å². The van der Waals surface area contributed by atoms with Crippen LogP contribution < -0.4 is 10.9 Å². The number of hydrogen-bond donors (Lipinski definition) is 1. The van der Waals surface area contributed by atoms with Crippen LogP contribution in [0, 0.1) is 13.8 Å². The molecule has 3 nitrogen and oxygen atoms in total. The van der Waals surface area contributed by atoms with Crippen LogP contribution in [-0.2, 0) is 13.6 Å². The van der Waals surface area contributed by atoms with E-state index in [1.54, 1.807) is 17.7 Å².